The van der Waals surface area contributed by atoms with Gasteiger partial charge in [0.05, 0.1) is 0 Å². The SMILES string of the molecule is CCNC(CC)CN(C)Cc1ccncc1. The van der Waals surface area contributed by atoms with Crippen LogP contribution in [0.4, 0.5) is 0 Å². The van der Waals surface area contributed by atoms with Crippen molar-refractivity contribution in [1.29, 1.82) is 0 Å². The quantitative estimate of drug-likeness (QED) is 0.762. The molecule has 0 bridgehead atoms. The lowest BCUT2D eigenvalue weighted by molar-refractivity contribution is 0.279. The van der Waals surface area contributed by atoms with Crippen molar-refractivity contribution in [3.05, 3.63) is 30.1 Å². The van der Waals surface area contributed by atoms with E-state index in [1.807, 2.05) is 12.4 Å². The van der Waals surface area contributed by atoms with E-state index in [0.717, 1.165) is 19.6 Å². The number of aromatic nitrogens is 1. The van der Waals surface area contributed by atoms with Gasteiger partial charge in [0, 0.05) is 31.5 Å². The summed E-state index contributed by atoms with van der Waals surface area (Å²) in [4.78, 5) is 6.38. The summed E-state index contributed by atoms with van der Waals surface area (Å²) in [6.07, 6.45) is 4.88. The number of hydrogen-bond acceptors (Lipinski definition) is 3. The first-order valence-corrected chi connectivity index (χ1v) is 6.07. The topological polar surface area (TPSA) is 28.2 Å². The van der Waals surface area contributed by atoms with Crippen LogP contribution in [-0.2, 0) is 6.54 Å². The van der Waals surface area contributed by atoms with E-state index >= 15 is 0 Å². The van der Waals surface area contributed by atoms with Crippen molar-refractivity contribution in [3.63, 3.8) is 0 Å². The molecule has 0 fully saturated rings. The van der Waals surface area contributed by atoms with E-state index in [4.69, 9.17) is 0 Å². The van der Waals surface area contributed by atoms with Crippen LogP contribution in [0.3, 0.4) is 0 Å². The van der Waals surface area contributed by atoms with Crippen molar-refractivity contribution < 1.29 is 0 Å². The Balaban J connectivity index is 2.37. The second-order valence-electron chi connectivity index (χ2n) is 4.22. The van der Waals surface area contributed by atoms with Crippen molar-refractivity contribution in [2.45, 2.75) is 32.9 Å². The first-order valence-electron chi connectivity index (χ1n) is 6.07. The number of nitrogens with zero attached hydrogens (tertiary/aromatic N) is 2. The average molecular weight is 221 g/mol. The zero-order chi connectivity index (χ0) is 11.8. The molecule has 1 rings (SSSR count). The van der Waals surface area contributed by atoms with Gasteiger partial charge in [0.1, 0.15) is 0 Å². The maximum Gasteiger partial charge on any atom is 0.0271 e. The zero-order valence-electron chi connectivity index (χ0n) is 10.6. The normalized spacial score (nSPS) is 13.0. The summed E-state index contributed by atoms with van der Waals surface area (Å²) in [5.41, 5.74) is 1.32. The molecule has 0 aromatic carbocycles. The highest BCUT2D eigenvalue weighted by Gasteiger charge is 2.08. The van der Waals surface area contributed by atoms with E-state index in [2.05, 4.69) is 48.2 Å². The summed E-state index contributed by atoms with van der Waals surface area (Å²) >= 11 is 0. The minimum Gasteiger partial charge on any atom is -0.313 e. The van der Waals surface area contributed by atoms with Crippen LogP contribution < -0.4 is 5.32 Å². The molecule has 0 spiro atoms. The molecule has 3 nitrogen and oxygen atoms in total. The Kier molecular flexibility index (Phi) is 6.04. The summed E-state index contributed by atoms with van der Waals surface area (Å²) in [6, 6.07) is 4.74. The predicted octanol–water partition coefficient (Wildman–Crippen LogP) is 1.90. The molecular weight excluding hydrogens is 198 g/mol. The third-order valence-electron chi connectivity index (χ3n) is 2.72. The van der Waals surface area contributed by atoms with Gasteiger partial charge in [0.15, 0.2) is 0 Å². The minimum absolute atomic E-state index is 0.594. The molecule has 16 heavy (non-hydrogen) atoms. The lowest BCUT2D eigenvalue weighted by atomic mass is 10.2. The molecule has 0 aliphatic rings. The lowest BCUT2D eigenvalue weighted by Gasteiger charge is -2.23. The van der Waals surface area contributed by atoms with Crippen molar-refractivity contribution in [2.24, 2.45) is 0 Å². The molecule has 90 valence electrons. The van der Waals surface area contributed by atoms with Gasteiger partial charge in [-0.25, -0.2) is 0 Å². The largest absolute Gasteiger partial charge is 0.313 e. The van der Waals surface area contributed by atoms with Crippen LogP contribution in [0.2, 0.25) is 0 Å². The van der Waals surface area contributed by atoms with Crippen LogP contribution in [0.1, 0.15) is 25.8 Å². The molecule has 0 radical (unpaired) electrons. The molecule has 3 heteroatoms. The molecule has 1 unspecified atom stereocenters. The first kappa shape index (κ1) is 13.1. The highest BCUT2D eigenvalue weighted by atomic mass is 15.1. The third-order valence-corrected chi connectivity index (χ3v) is 2.72. The summed E-state index contributed by atoms with van der Waals surface area (Å²) in [6.45, 7) is 7.51. The van der Waals surface area contributed by atoms with E-state index in [1.54, 1.807) is 0 Å². The van der Waals surface area contributed by atoms with E-state index in [-0.39, 0.29) is 0 Å². The fourth-order valence-electron chi connectivity index (χ4n) is 1.87. The van der Waals surface area contributed by atoms with E-state index in [1.165, 1.54) is 12.0 Å². The van der Waals surface area contributed by atoms with Crippen molar-refractivity contribution >= 4 is 0 Å². The predicted molar refractivity (Wildman–Crippen MR) is 68.3 cm³/mol. The van der Waals surface area contributed by atoms with Crippen LogP contribution in [0.25, 0.3) is 0 Å². The third kappa shape index (κ3) is 4.73. The Morgan fingerprint density at radius 1 is 1.31 bits per heavy atom. The fraction of sp³-hybridized carbons (Fsp3) is 0.615. The summed E-state index contributed by atoms with van der Waals surface area (Å²) in [7, 11) is 2.17. The first-order chi connectivity index (χ1) is 7.76. The number of rotatable bonds is 7. The van der Waals surface area contributed by atoms with Crippen molar-refractivity contribution in [2.75, 3.05) is 20.1 Å². The Morgan fingerprint density at radius 2 is 2.00 bits per heavy atom. The molecule has 0 aliphatic heterocycles. The molecular formula is C13H23N3. The van der Waals surface area contributed by atoms with Gasteiger partial charge in [0.25, 0.3) is 0 Å². The van der Waals surface area contributed by atoms with Gasteiger partial charge < -0.3 is 10.2 Å². The van der Waals surface area contributed by atoms with Crippen LogP contribution in [0, 0.1) is 0 Å². The minimum atomic E-state index is 0.594. The molecule has 0 amide bonds. The highest BCUT2D eigenvalue weighted by Crippen LogP contribution is 2.03. The number of hydrogen-bond donors (Lipinski definition) is 1. The summed E-state index contributed by atoms with van der Waals surface area (Å²) in [5.74, 6) is 0. The van der Waals surface area contributed by atoms with Crippen LogP contribution in [0.15, 0.2) is 24.5 Å². The molecule has 0 aliphatic carbocycles. The standard InChI is InChI=1S/C13H23N3/c1-4-13(15-5-2)11-16(3)10-12-6-8-14-9-7-12/h6-9,13,15H,4-5,10-11H2,1-3H3. The molecule has 0 saturated carbocycles. The smallest absolute Gasteiger partial charge is 0.0271 e. The maximum absolute atomic E-state index is 4.03. The number of pyridine rings is 1. The Bertz CT molecular complexity index is 274. The van der Waals surface area contributed by atoms with E-state index in [0.29, 0.717) is 6.04 Å². The van der Waals surface area contributed by atoms with Crippen LogP contribution in [0.5, 0.6) is 0 Å². The molecule has 1 aromatic heterocycles. The number of nitrogens with one attached hydrogen (secondary N) is 1. The Labute approximate surface area is 98.9 Å². The van der Waals surface area contributed by atoms with Gasteiger partial charge in [-0.3, -0.25) is 4.98 Å². The highest BCUT2D eigenvalue weighted by molar-refractivity contribution is 5.09. The summed E-state index contributed by atoms with van der Waals surface area (Å²) in [5, 5.41) is 3.49. The Hall–Kier alpha value is -0.930. The zero-order valence-corrected chi connectivity index (χ0v) is 10.6. The summed E-state index contributed by atoms with van der Waals surface area (Å²) < 4.78 is 0. The van der Waals surface area contributed by atoms with Gasteiger partial charge >= 0.3 is 0 Å². The lowest BCUT2D eigenvalue weighted by Crippen LogP contribution is -2.38. The second-order valence-corrected chi connectivity index (χ2v) is 4.22. The van der Waals surface area contributed by atoms with Crippen molar-refractivity contribution in [1.82, 2.24) is 15.2 Å². The van der Waals surface area contributed by atoms with Crippen LogP contribution >= 0.6 is 0 Å². The molecule has 1 N–H and O–H groups in total. The molecule has 1 aromatic rings. The second kappa shape index (κ2) is 7.36. The molecule has 0 saturated heterocycles. The fourth-order valence-corrected chi connectivity index (χ4v) is 1.87. The molecule has 1 heterocycles. The van der Waals surface area contributed by atoms with E-state index < -0.39 is 0 Å². The number of likely N-dealkylation sites (N-methyl/N-ethyl adjacent to an activating group) is 2. The molecule has 1 atom stereocenters. The van der Waals surface area contributed by atoms with Gasteiger partial charge in [-0.1, -0.05) is 13.8 Å². The average Bonchev–Trinajstić information content (AvgIpc) is 2.29. The van der Waals surface area contributed by atoms with Gasteiger partial charge in [-0.05, 0) is 37.7 Å². The Morgan fingerprint density at radius 3 is 2.56 bits per heavy atom. The van der Waals surface area contributed by atoms with Gasteiger partial charge in [-0.2, -0.15) is 0 Å². The maximum atomic E-state index is 4.03. The van der Waals surface area contributed by atoms with Gasteiger partial charge in [0.2, 0.25) is 0 Å². The van der Waals surface area contributed by atoms with Gasteiger partial charge in [-0.15, -0.1) is 0 Å². The monoisotopic (exact) mass is 221 g/mol. The van der Waals surface area contributed by atoms with Crippen LogP contribution in [-0.4, -0.2) is 36.1 Å². The van der Waals surface area contributed by atoms with E-state index in [9.17, 15) is 0 Å². The van der Waals surface area contributed by atoms with Crippen molar-refractivity contribution in [3.8, 4) is 0 Å².